The fourth-order valence-electron chi connectivity index (χ4n) is 6.50. The maximum absolute atomic E-state index is 6.14. The van der Waals surface area contributed by atoms with E-state index in [1.165, 1.54) is 33.4 Å². The molecule has 0 saturated carbocycles. The number of hydrogen-bond donors (Lipinski definition) is 0. The van der Waals surface area contributed by atoms with Crippen molar-refractivity contribution >= 4 is 45.3 Å². The van der Waals surface area contributed by atoms with E-state index in [2.05, 4.69) is 131 Å². The van der Waals surface area contributed by atoms with Crippen LogP contribution in [-0.2, 0) is 21.7 Å². The van der Waals surface area contributed by atoms with Gasteiger partial charge in [0.15, 0.2) is 0 Å². The Morgan fingerprint density at radius 1 is 0.481 bits per heavy atom. The van der Waals surface area contributed by atoms with Crippen LogP contribution in [0.3, 0.4) is 0 Å². The number of halogens is 2. The molecule has 0 fully saturated rings. The lowest BCUT2D eigenvalue weighted by molar-refractivity contribution is 0.485. The van der Waals surface area contributed by atoms with Gasteiger partial charge in [0.2, 0.25) is 0 Å². The van der Waals surface area contributed by atoms with Crippen molar-refractivity contribution in [1.82, 2.24) is 30.0 Å². The maximum Gasteiger partial charge on any atom is 0.115 e. The van der Waals surface area contributed by atoms with Gasteiger partial charge in [0.05, 0.1) is 11.4 Å². The van der Waals surface area contributed by atoms with Gasteiger partial charge in [-0.3, -0.25) is 0 Å². The number of hydrogen-bond acceptors (Lipinski definition) is 4. The largest absolute Gasteiger partial charge is 0.150 e. The van der Waals surface area contributed by atoms with Crippen LogP contribution in [0.25, 0.3) is 33.4 Å². The minimum absolute atomic E-state index is 0.0516. The first-order valence-corrected chi connectivity index (χ1v) is 19.2. The van der Waals surface area contributed by atoms with Crippen molar-refractivity contribution in [3.8, 4) is 11.4 Å². The molecule has 0 atom stereocenters. The number of fused-ring (bicyclic) bond motifs is 2. The first kappa shape index (κ1) is 39.5. The molecule has 0 amide bonds. The zero-order chi connectivity index (χ0) is 38.6. The Morgan fingerprint density at radius 3 is 1.31 bits per heavy atom. The van der Waals surface area contributed by atoms with E-state index in [1.807, 2.05) is 36.4 Å². The van der Waals surface area contributed by atoms with Gasteiger partial charge in [0, 0.05) is 10.0 Å². The SMILES string of the molecule is CCC(C)(C)c1cc(-n2nc3ccc(Cl)cc3n2)c(C)c(C(C)(C)CC)c1.Cc1c(-n2nc3ccc(Cl)cc3n2)cc(C(C)(C)C)cc1C(C)(C)C. The normalized spacial score (nSPS) is 12.8. The Morgan fingerprint density at radius 2 is 0.885 bits per heavy atom. The first-order valence-electron chi connectivity index (χ1n) is 18.4. The molecule has 0 aliphatic rings. The summed E-state index contributed by atoms with van der Waals surface area (Å²) in [6.45, 7) is 31.5. The highest BCUT2D eigenvalue weighted by molar-refractivity contribution is 6.31. The molecule has 2 heterocycles. The molecule has 0 radical (unpaired) electrons. The number of rotatable bonds is 6. The Balaban J connectivity index is 0.000000202. The first-order chi connectivity index (χ1) is 24.1. The van der Waals surface area contributed by atoms with Crippen LogP contribution in [0.4, 0.5) is 0 Å². The van der Waals surface area contributed by atoms with Crippen molar-refractivity contribution in [2.75, 3.05) is 0 Å². The van der Waals surface area contributed by atoms with Gasteiger partial charge in [-0.2, -0.15) is 9.59 Å². The zero-order valence-electron chi connectivity index (χ0n) is 33.6. The van der Waals surface area contributed by atoms with Crippen LogP contribution in [0, 0.1) is 13.8 Å². The van der Waals surface area contributed by atoms with Crippen molar-refractivity contribution in [3.05, 3.63) is 104 Å². The second-order valence-corrected chi connectivity index (χ2v) is 18.4. The standard InChI is InChI=1S/C23H30ClN3.C21H26ClN3/c1-8-22(4,5)16-12-18(23(6,7)9-2)15(3)21(13-16)27-25-19-11-10-17(24)14-20(19)26-27;1-13-16(21(5,6)7)10-14(20(2,3)4)11-19(13)25-23-17-9-8-15(22)12-18(17)24-25/h10-14H,8-9H2,1-7H3;8-12H,1-7H3. The van der Waals surface area contributed by atoms with Crippen molar-refractivity contribution in [2.24, 2.45) is 0 Å². The summed E-state index contributed by atoms with van der Waals surface area (Å²) in [5.41, 5.74) is 13.5. The summed E-state index contributed by atoms with van der Waals surface area (Å²) in [4.78, 5) is 3.53. The molecule has 4 aromatic carbocycles. The van der Waals surface area contributed by atoms with E-state index in [0.717, 1.165) is 46.3 Å². The number of benzene rings is 4. The molecule has 0 spiro atoms. The fourth-order valence-corrected chi connectivity index (χ4v) is 6.84. The molecule has 0 aliphatic carbocycles. The summed E-state index contributed by atoms with van der Waals surface area (Å²) < 4.78 is 0. The molecule has 6 aromatic rings. The second-order valence-electron chi connectivity index (χ2n) is 17.6. The molecular weight excluding hydrogens is 683 g/mol. The third-order valence-electron chi connectivity index (χ3n) is 10.8. The topological polar surface area (TPSA) is 61.4 Å². The van der Waals surface area contributed by atoms with E-state index < -0.39 is 0 Å². The van der Waals surface area contributed by atoms with Crippen LogP contribution < -0.4 is 0 Å². The average Bonchev–Trinajstić information content (AvgIpc) is 3.67. The van der Waals surface area contributed by atoms with Crippen molar-refractivity contribution < 1.29 is 0 Å². The number of nitrogens with zero attached hydrogens (tertiary/aromatic N) is 6. The molecular formula is C44H56Cl2N6. The lowest BCUT2D eigenvalue weighted by Gasteiger charge is -2.31. The predicted molar refractivity (Wildman–Crippen MR) is 221 cm³/mol. The van der Waals surface area contributed by atoms with Crippen molar-refractivity contribution in [3.63, 3.8) is 0 Å². The van der Waals surface area contributed by atoms with Crippen LogP contribution in [0.15, 0.2) is 60.7 Å². The van der Waals surface area contributed by atoms with Gasteiger partial charge in [-0.1, -0.05) is 118 Å². The highest BCUT2D eigenvalue weighted by Gasteiger charge is 2.28. The second kappa shape index (κ2) is 14.2. The van der Waals surface area contributed by atoms with Gasteiger partial charge in [-0.05, 0) is 130 Å². The molecule has 0 saturated heterocycles. The van der Waals surface area contributed by atoms with Gasteiger partial charge in [0.25, 0.3) is 0 Å². The monoisotopic (exact) mass is 738 g/mol. The molecule has 8 heteroatoms. The van der Waals surface area contributed by atoms with Crippen LogP contribution >= 0.6 is 23.2 Å². The summed E-state index contributed by atoms with van der Waals surface area (Å²) in [7, 11) is 0. The minimum atomic E-state index is 0.0516. The third-order valence-corrected chi connectivity index (χ3v) is 11.3. The van der Waals surface area contributed by atoms with E-state index >= 15 is 0 Å². The molecule has 0 N–H and O–H groups in total. The summed E-state index contributed by atoms with van der Waals surface area (Å²) in [6, 6.07) is 20.5. The van der Waals surface area contributed by atoms with Gasteiger partial charge in [-0.25, -0.2) is 0 Å². The Hall–Kier alpha value is -3.74. The van der Waals surface area contributed by atoms with Crippen molar-refractivity contribution in [2.45, 2.75) is 131 Å². The Kier molecular flexibility index (Phi) is 10.8. The molecule has 6 rings (SSSR count). The molecule has 0 bridgehead atoms. The summed E-state index contributed by atoms with van der Waals surface area (Å²) in [6.07, 6.45) is 2.15. The Bertz CT molecular complexity index is 2240. The van der Waals surface area contributed by atoms with Crippen LogP contribution in [0.5, 0.6) is 0 Å². The minimum Gasteiger partial charge on any atom is -0.150 e. The van der Waals surface area contributed by atoms with E-state index in [4.69, 9.17) is 33.4 Å². The lowest BCUT2D eigenvalue weighted by atomic mass is 9.74. The summed E-state index contributed by atoms with van der Waals surface area (Å²) >= 11 is 12.2. The van der Waals surface area contributed by atoms with E-state index in [9.17, 15) is 0 Å². The molecule has 2 aromatic heterocycles. The van der Waals surface area contributed by atoms with Crippen LogP contribution in [0.2, 0.25) is 10.0 Å². The third kappa shape index (κ3) is 8.09. The van der Waals surface area contributed by atoms with Gasteiger partial charge >= 0.3 is 0 Å². The quantitative estimate of drug-likeness (QED) is 0.171. The average molecular weight is 740 g/mol. The van der Waals surface area contributed by atoms with Gasteiger partial charge < -0.3 is 0 Å². The van der Waals surface area contributed by atoms with Crippen LogP contribution in [-0.4, -0.2) is 30.0 Å². The van der Waals surface area contributed by atoms with Crippen LogP contribution in [0.1, 0.15) is 129 Å². The number of aromatic nitrogens is 6. The highest BCUT2D eigenvalue weighted by Crippen LogP contribution is 2.38. The Labute approximate surface area is 320 Å². The predicted octanol–water partition coefficient (Wildman–Crippen LogP) is 12.7. The van der Waals surface area contributed by atoms with E-state index in [1.54, 1.807) is 9.59 Å². The van der Waals surface area contributed by atoms with Gasteiger partial charge in [-0.15, -0.1) is 20.4 Å². The zero-order valence-corrected chi connectivity index (χ0v) is 35.1. The molecule has 0 unspecified atom stereocenters. The molecule has 0 aliphatic heterocycles. The summed E-state index contributed by atoms with van der Waals surface area (Å²) in [5, 5.41) is 20.2. The summed E-state index contributed by atoms with van der Waals surface area (Å²) in [5.74, 6) is 0. The molecule has 276 valence electrons. The molecule has 6 nitrogen and oxygen atoms in total. The van der Waals surface area contributed by atoms with Gasteiger partial charge in [0.1, 0.15) is 22.1 Å². The van der Waals surface area contributed by atoms with E-state index in [-0.39, 0.29) is 21.7 Å². The highest BCUT2D eigenvalue weighted by atomic mass is 35.5. The fraction of sp³-hybridized carbons (Fsp3) is 0.455. The lowest BCUT2D eigenvalue weighted by Crippen LogP contribution is -2.23. The molecule has 52 heavy (non-hydrogen) atoms. The maximum atomic E-state index is 6.14. The smallest absolute Gasteiger partial charge is 0.115 e. The van der Waals surface area contributed by atoms with Crippen molar-refractivity contribution in [1.29, 1.82) is 0 Å². The van der Waals surface area contributed by atoms with E-state index in [0.29, 0.717) is 10.0 Å².